The molecule has 1 atom stereocenters. The molecule has 0 spiro atoms. The van der Waals surface area contributed by atoms with E-state index in [9.17, 15) is 13.6 Å². The van der Waals surface area contributed by atoms with Crippen molar-refractivity contribution >= 4 is 34.8 Å². The molecule has 0 aliphatic carbocycles. The minimum Gasteiger partial charge on any atom is -0.280 e. The van der Waals surface area contributed by atoms with Gasteiger partial charge in [0.25, 0.3) is 0 Å². The number of halogens is 4. The highest BCUT2D eigenvalue weighted by Gasteiger charge is 2.45. The molecule has 84 valence electrons. The number of amidine groups is 1. The Labute approximate surface area is 99.3 Å². The van der Waals surface area contributed by atoms with Crippen LogP contribution in [0.15, 0.2) is 40.3 Å². The molecule has 0 bridgehead atoms. The van der Waals surface area contributed by atoms with Gasteiger partial charge in [-0.1, -0.05) is 11.6 Å². The summed E-state index contributed by atoms with van der Waals surface area (Å²) in [7, 11) is 0. The molecule has 2 aliphatic rings. The predicted molar refractivity (Wildman–Crippen MR) is 55.4 cm³/mol. The molecule has 0 saturated carbocycles. The van der Waals surface area contributed by atoms with E-state index in [0.717, 1.165) is 6.20 Å². The Kier molecular flexibility index (Phi) is 2.69. The van der Waals surface area contributed by atoms with Crippen LogP contribution in [0.1, 0.15) is 0 Å². The topological polar surface area (TPSA) is 33.9 Å². The van der Waals surface area contributed by atoms with Crippen LogP contribution in [0.25, 0.3) is 0 Å². The zero-order valence-electron chi connectivity index (χ0n) is 7.68. The van der Waals surface area contributed by atoms with Crippen molar-refractivity contribution in [2.24, 2.45) is 4.99 Å². The number of rotatable bonds is 2. The van der Waals surface area contributed by atoms with E-state index in [1.165, 1.54) is 6.20 Å². The normalized spacial score (nSPS) is 23.5. The van der Waals surface area contributed by atoms with E-state index in [0.29, 0.717) is 10.9 Å². The second kappa shape index (κ2) is 3.76. The van der Waals surface area contributed by atoms with Crippen molar-refractivity contribution in [2.75, 3.05) is 0 Å². The van der Waals surface area contributed by atoms with Crippen LogP contribution < -0.4 is 4.90 Å². The Bertz CT molecular complexity index is 474. The van der Waals surface area contributed by atoms with E-state index in [-0.39, 0.29) is 10.6 Å². The second-order valence-corrected chi connectivity index (χ2v) is 4.07. The molecule has 0 fully saturated rings. The summed E-state index contributed by atoms with van der Waals surface area (Å²) in [6.45, 7) is 0. The molecule has 16 heavy (non-hydrogen) atoms. The van der Waals surface area contributed by atoms with Crippen molar-refractivity contribution in [2.45, 2.75) is 5.38 Å². The number of nitrogens with zero attached hydrogens (tertiary/aromatic N) is 1. The minimum absolute atomic E-state index is 0.225. The van der Waals surface area contributed by atoms with Crippen LogP contribution in [-0.2, 0) is 4.79 Å². The molecule has 2 aliphatic heterocycles. The van der Waals surface area contributed by atoms with Gasteiger partial charge in [0, 0.05) is 6.08 Å². The minimum atomic E-state index is -3.93. The maximum Gasteiger partial charge on any atom is 0.390 e. The molecule has 0 radical (unpaired) electrons. The van der Waals surface area contributed by atoms with Gasteiger partial charge in [0.1, 0.15) is 6.20 Å². The molecule has 2 heterocycles. The van der Waals surface area contributed by atoms with Gasteiger partial charge >= 0.3 is 11.2 Å². The number of quaternary nitrogens is 1. The van der Waals surface area contributed by atoms with Gasteiger partial charge in [0.05, 0.1) is 11.2 Å². The van der Waals surface area contributed by atoms with Crippen LogP contribution in [0.2, 0.25) is 0 Å². The van der Waals surface area contributed by atoms with Crippen LogP contribution >= 0.6 is 23.2 Å². The summed E-state index contributed by atoms with van der Waals surface area (Å²) in [6, 6.07) is 0. The Morgan fingerprint density at radius 1 is 1.44 bits per heavy atom. The quantitative estimate of drug-likeness (QED) is 0.748. The zero-order chi connectivity index (χ0) is 11.9. The van der Waals surface area contributed by atoms with Crippen molar-refractivity contribution in [3.63, 3.8) is 0 Å². The van der Waals surface area contributed by atoms with E-state index < -0.39 is 11.2 Å². The fourth-order valence-electron chi connectivity index (χ4n) is 1.37. The predicted octanol–water partition coefficient (Wildman–Crippen LogP) is 1.18. The number of allylic oxidation sites excluding steroid dienone is 3. The van der Waals surface area contributed by atoms with Gasteiger partial charge in [-0.05, 0) is 17.7 Å². The van der Waals surface area contributed by atoms with Crippen LogP contribution in [0.5, 0.6) is 0 Å². The van der Waals surface area contributed by atoms with Crippen molar-refractivity contribution in [1.29, 1.82) is 0 Å². The van der Waals surface area contributed by atoms with Crippen molar-refractivity contribution < 1.29 is 18.5 Å². The number of hydrogen-bond acceptors (Lipinski definition) is 2. The third-order valence-electron chi connectivity index (χ3n) is 2.08. The van der Waals surface area contributed by atoms with E-state index in [4.69, 9.17) is 11.6 Å². The van der Waals surface area contributed by atoms with Gasteiger partial charge < -0.3 is 0 Å². The lowest BCUT2D eigenvalue weighted by Gasteiger charge is -2.14. The lowest BCUT2D eigenvalue weighted by atomic mass is 10.2. The van der Waals surface area contributed by atoms with Gasteiger partial charge in [-0.25, -0.2) is 4.90 Å². The molecule has 1 N–H and O–H groups in total. The van der Waals surface area contributed by atoms with Crippen molar-refractivity contribution in [1.82, 2.24) is 0 Å². The lowest BCUT2D eigenvalue weighted by Crippen LogP contribution is -3.08. The van der Waals surface area contributed by atoms with Gasteiger partial charge in [-0.2, -0.15) is 13.8 Å². The maximum absolute atomic E-state index is 12.7. The Balaban J connectivity index is 2.30. The molecular weight excluding hydrogens is 261 g/mol. The van der Waals surface area contributed by atoms with Gasteiger partial charge in [0.2, 0.25) is 11.5 Å². The summed E-state index contributed by atoms with van der Waals surface area (Å²) in [5.74, 6) is -1.05. The monoisotopic (exact) mass is 265 g/mol. The highest BCUT2D eigenvalue weighted by molar-refractivity contribution is 6.35. The molecule has 2 rings (SSSR count). The highest BCUT2D eigenvalue weighted by atomic mass is 35.5. The molecule has 0 aromatic rings. The summed E-state index contributed by atoms with van der Waals surface area (Å²) < 4.78 is 25.3. The molecule has 3 nitrogen and oxygen atoms in total. The Morgan fingerprint density at radius 3 is 2.75 bits per heavy atom. The summed E-state index contributed by atoms with van der Waals surface area (Å²) in [6.07, 6.45) is 5.57. The molecule has 0 aromatic heterocycles. The van der Waals surface area contributed by atoms with Crippen molar-refractivity contribution in [3.8, 4) is 0 Å². The molecule has 0 amide bonds. The van der Waals surface area contributed by atoms with E-state index in [2.05, 4.69) is 16.6 Å². The van der Waals surface area contributed by atoms with Gasteiger partial charge in [0.15, 0.2) is 0 Å². The Hall–Kier alpha value is -1.04. The van der Waals surface area contributed by atoms with Crippen molar-refractivity contribution in [3.05, 3.63) is 35.3 Å². The smallest absolute Gasteiger partial charge is 0.280 e. The lowest BCUT2D eigenvalue weighted by molar-refractivity contribution is -0.691. The number of Topliss-reactive ketones (excluding diaryl/α,β-unsaturated/α-hetero) is 1. The third-order valence-corrected chi connectivity index (χ3v) is 2.49. The fourth-order valence-corrected chi connectivity index (χ4v) is 1.65. The number of ketones is 1. The number of carbonyl (C=O) groups is 1. The van der Waals surface area contributed by atoms with Crippen LogP contribution in [0.3, 0.4) is 0 Å². The summed E-state index contributed by atoms with van der Waals surface area (Å²) in [5.41, 5.74) is -0.225. The first-order chi connectivity index (χ1) is 7.39. The number of nitrogens with one attached hydrogen (secondary N) is 1. The molecule has 0 aromatic carbocycles. The first-order valence-corrected chi connectivity index (χ1v) is 4.97. The first-order valence-electron chi connectivity index (χ1n) is 4.22. The fraction of sp³-hybridized carbons (Fsp3) is 0.111. The zero-order valence-corrected chi connectivity index (χ0v) is 9.19. The van der Waals surface area contributed by atoms with Crippen LogP contribution in [-0.4, -0.2) is 17.0 Å². The van der Waals surface area contributed by atoms with Gasteiger partial charge in [-0.15, -0.1) is 0 Å². The summed E-state index contributed by atoms with van der Waals surface area (Å²) >= 11 is 10.4. The standard InChI is InChI=1S/C9H4Cl2F2N2O/c10-5-1-2-7-14-3-6(15(7)4-5)8(16)9(11,12)13/h1-4H/p+1. The van der Waals surface area contributed by atoms with Crippen LogP contribution in [0.4, 0.5) is 8.78 Å². The van der Waals surface area contributed by atoms with E-state index in [1.807, 2.05) is 0 Å². The summed E-state index contributed by atoms with van der Waals surface area (Å²) in [4.78, 5) is 15.4. The summed E-state index contributed by atoms with van der Waals surface area (Å²) in [5, 5.41) is -3.59. The molecular formula is C9H5Cl2F2N2O+. The average molecular weight is 266 g/mol. The average Bonchev–Trinajstić information content (AvgIpc) is 2.57. The largest absolute Gasteiger partial charge is 0.390 e. The molecule has 1 unspecified atom stereocenters. The van der Waals surface area contributed by atoms with E-state index >= 15 is 0 Å². The number of alkyl halides is 3. The third kappa shape index (κ3) is 1.93. The van der Waals surface area contributed by atoms with Crippen LogP contribution in [0, 0.1) is 0 Å². The second-order valence-electron chi connectivity index (χ2n) is 3.16. The number of hydrogen-bond donors (Lipinski definition) is 1. The Morgan fingerprint density at radius 2 is 2.12 bits per heavy atom. The molecule has 0 saturated heterocycles. The molecule has 7 heteroatoms. The number of fused-ring (bicyclic) bond motifs is 1. The SMILES string of the molecule is O=C(C1=CN=C2C=CC(Cl)=C[NH+]12)C(F)(F)Cl. The van der Waals surface area contributed by atoms with E-state index in [1.54, 1.807) is 12.2 Å². The first kappa shape index (κ1) is 11.4. The highest BCUT2D eigenvalue weighted by Crippen LogP contribution is 2.23. The number of carbonyl (C=O) groups excluding carboxylic acids is 1. The number of aliphatic imine (C=N–C) groups is 1. The van der Waals surface area contributed by atoms with Gasteiger partial charge in [-0.3, -0.25) is 4.79 Å². The maximum atomic E-state index is 12.7.